The first-order valence-electron chi connectivity index (χ1n) is 11.4. The van der Waals surface area contributed by atoms with Crippen LogP contribution in [0.3, 0.4) is 0 Å². The number of nitrogens with zero attached hydrogens (tertiary/aromatic N) is 3. The number of nitriles is 1. The zero-order valence-electron chi connectivity index (χ0n) is 18.7. The van der Waals surface area contributed by atoms with Crippen LogP contribution in [0.25, 0.3) is 21.9 Å². The standard InChI is InChI=1S/C26H29N5O2/c27-8-13-33-12-7-26(32)31-10-5-23(6-11-31)30-25-16-22(15-21-4-9-29-18-24(21)25)20-3-1-2-19(14-20)17-28/h1-4,9,14-16,18,23,30H,5-8,10-13,27H2. The predicted octanol–water partition coefficient (Wildman–Crippen LogP) is 3.54. The van der Waals surface area contributed by atoms with E-state index < -0.39 is 0 Å². The largest absolute Gasteiger partial charge is 0.382 e. The second-order valence-corrected chi connectivity index (χ2v) is 8.26. The van der Waals surface area contributed by atoms with Crippen LogP contribution in [-0.4, -0.2) is 54.7 Å². The Balaban J connectivity index is 1.47. The van der Waals surface area contributed by atoms with Crippen LogP contribution in [0.2, 0.25) is 0 Å². The third-order valence-corrected chi connectivity index (χ3v) is 6.01. The van der Waals surface area contributed by atoms with Crippen LogP contribution in [0.4, 0.5) is 5.69 Å². The van der Waals surface area contributed by atoms with Crippen molar-refractivity contribution in [2.45, 2.75) is 25.3 Å². The highest BCUT2D eigenvalue weighted by atomic mass is 16.5. The van der Waals surface area contributed by atoms with Gasteiger partial charge in [-0.25, -0.2) is 0 Å². The molecule has 3 aromatic rings. The van der Waals surface area contributed by atoms with E-state index in [9.17, 15) is 10.1 Å². The van der Waals surface area contributed by atoms with E-state index in [0.29, 0.717) is 31.7 Å². The number of anilines is 1. The molecule has 0 spiro atoms. The average molecular weight is 444 g/mol. The van der Waals surface area contributed by atoms with Gasteiger partial charge in [0.15, 0.2) is 0 Å². The average Bonchev–Trinajstić information content (AvgIpc) is 2.87. The molecule has 7 heteroatoms. The number of carbonyl (C=O) groups excluding carboxylic acids is 1. The smallest absolute Gasteiger partial charge is 0.224 e. The number of nitrogens with two attached hydrogens (primary N) is 1. The molecule has 4 rings (SSSR count). The quantitative estimate of drug-likeness (QED) is 0.516. The zero-order chi connectivity index (χ0) is 23.0. The van der Waals surface area contributed by atoms with Gasteiger partial charge >= 0.3 is 0 Å². The maximum absolute atomic E-state index is 12.4. The Kier molecular flexibility index (Phi) is 7.51. The normalized spacial score (nSPS) is 14.2. The minimum absolute atomic E-state index is 0.138. The summed E-state index contributed by atoms with van der Waals surface area (Å²) in [6.45, 7) is 2.84. The number of pyridine rings is 1. The van der Waals surface area contributed by atoms with E-state index in [4.69, 9.17) is 10.5 Å². The molecule has 3 N–H and O–H groups in total. The molecule has 1 aromatic heterocycles. The number of fused-ring (bicyclic) bond motifs is 1. The Bertz CT molecular complexity index is 1150. The van der Waals surface area contributed by atoms with Crippen molar-refractivity contribution in [1.29, 1.82) is 5.26 Å². The highest BCUT2D eigenvalue weighted by molar-refractivity contribution is 5.97. The zero-order valence-corrected chi connectivity index (χ0v) is 18.7. The van der Waals surface area contributed by atoms with Crippen molar-refractivity contribution in [1.82, 2.24) is 9.88 Å². The van der Waals surface area contributed by atoms with E-state index in [1.165, 1.54) is 0 Å². The molecule has 2 heterocycles. The lowest BCUT2D eigenvalue weighted by Crippen LogP contribution is -2.42. The topological polar surface area (TPSA) is 104 Å². The van der Waals surface area contributed by atoms with Gasteiger partial charge in [-0.1, -0.05) is 12.1 Å². The molecule has 1 aliphatic heterocycles. The fourth-order valence-electron chi connectivity index (χ4n) is 4.25. The number of ether oxygens (including phenoxy) is 1. The maximum Gasteiger partial charge on any atom is 0.224 e. The maximum atomic E-state index is 12.4. The number of hydrogen-bond donors (Lipinski definition) is 2. The molecule has 0 bridgehead atoms. The van der Waals surface area contributed by atoms with Gasteiger partial charge in [0, 0.05) is 49.1 Å². The van der Waals surface area contributed by atoms with Gasteiger partial charge in [0.1, 0.15) is 0 Å². The van der Waals surface area contributed by atoms with Crippen LogP contribution in [0.5, 0.6) is 0 Å². The summed E-state index contributed by atoms with van der Waals surface area (Å²) in [4.78, 5) is 18.7. The molecule has 7 nitrogen and oxygen atoms in total. The SMILES string of the molecule is N#Cc1cccc(-c2cc(NC3CCN(C(=O)CCOCCN)CC3)c3cnccc3c2)c1. The second-order valence-electron chi connectivity index (χ2n) is 8.26. The molecule has 1 aliphatic rings. The third-order valence-electron chi connectivity index (χ3n) is 6.01. The summed E-state index contributed by atoms with van der Waals surface area (Å²) in [5, 5.41) is 15.1. The summed E-state index contributed by atoms with van der Waals surface area (Å²) in [6.07, 6.45) is 5.84. The lowest BCUT2D eigenvalue weighted by atomic mass is 9.98. The Morgan fingerprint density at radius 2 is 2.03 bits per heavy atom. The van der Waals surface area contributed by atoms with E-state index in [-0.39, 0.29) is 11.9 Å². The molecule has 0 radical (unpaired) electrons. The van der Waals surface area contributed by atoms with E-state index in [2.05, 4.69) is 28.5 Å². The Hall–Kier alpha value is -3.47. The summed E-state index contributed by atoms with van der Waals surface area (Å²) in [5.41, 5.74) is 9.14. The predicted molar refractivity (Wildman–Crippen MR) is 130 cm³/mol. The van der Waals surface area contributed by atoms with Crippen molar-refractivity contribution < 1.29 is 9.53 Å². The Morgan fingerprint density at radius 3 is 2.82 bits per heavy atom. The fraction of sp³-hybridized carbons (Fsp3) is 0.346. The number of aromatic nitrogens is 1. The fourth-order valence-corrected chi connectivity index (χ4v) is 4.25. The van der Waals surface area contributed by atoms with Gasteiger partial charge in [0.2, 0.25) is 5.91 Å². The Morgan fingerprint density at radius 1 is 1.18 bits per heavy atom. The summed E-state index contributed by atoms with van der Waals surface area (Å²) < 4.78 is 5.34. The molecule has 33 heavy (non-hydrogen) atoms. The minimum Gasteiger partial charge on any atom is -0.382 e. The summed E-state index contributed by atoms with van der Waals surface area (Å²) in [6, 6.07) is 16.4. The van der Waals surface area contributed by atoms with E-state index in [1.807, 2.05) is 41.4 Å². The van der Waals surface area contributed by atoms with Crippen molar-refractivity contribution >= 4 is 22.4 Å². The van der Waals surface area contributed by atoms with Crippen molar-refractivity contribution in [3.63, 3.8) is 0 Å². The molecule has 0 unspecified atom stereocenters. The van der Waals surface area contributed by atoms with Gasteiger partial charge in [-0.3, -0.25) is 9.78 Å². The highest BCUT2D eigenvalue weighted by Crippen LogP contribution is 2.32. The number of likely N-dealkylation sites (tertiary alicyclic amines) is 1. The molecule has 0 saturated carbocycles. The van der Waals surface area contributed by atoms with Gasteiger partial charge in [0.25, 0.3) is 0 Å². The number of piperidine rings is 1. The molecule has 2 aromatic carbocycles. The molecular formula is C26H29N5O2. The first kappa shape index (κ1) is 22.7. The van der Waals surface area contributed by atoms with Gasteiger partial charge < -0.3 is 20.7 Å². The highest BCUT2D eigenvalue weighted by Gasteiger charge is 2.23. The summed E-state index contributed by atoms with van der Waals surface area (Å²) in [7, 11) is 0. The van der Waals surface area contributed by atoms with Gasteiger partial charge in [-0.15, -0.1) is 0 Å². The van der Waals surface area contributed by atoms with Crippen molar-refractivity contribution in [2.75, 3.05) is 38.2 Å². The van der Waals surface area contributed by atoms with Crippen LogP contribution < -0.4 is 11.1 Å². The van der Waals surface area contributed by atoms with Gasteiger partial charge in [0.05, 0.1) is 31.3 Å². The van der Waals surface area contributed by atoms with Crippen molar-refractivity contribution in [3.8, 4) is 17.2 Å². The first-order valence-corrected chi connectivity index (χ1v) is 11.4. The number of hydrogen-bond acceptors (Lipinski definition) is 6. The van der Waals surface area contributed by atoms with E-state index in [0.717, 1.165) is 53.5 Å². The molecule has 1 amide bonds. The minimum atomic E-state index is 0.138. The van der Waals surface area contributed by atoms with Crippen LogP contribution in [0.1, 0.15) is 24.8 Å². The number of carbonyl (C=O) groups is 1. The molecule has 1 fully saturated rings. The number of benzene rings is 2. The lowest BCUT2D eigenvalue weighted by molar-refractivity contribution is -0.133. The molecule has 170 valence electrons. The molecule has 0 aliphatic carbocycles. The van der Waals surface area contributed by atoms with E-state index >= 15 is 0 Å². The van der Waals surface area contributed by atoms with Gasteiger partial charge in [-0.05, 0) is 59.7 Å². The first-order chi connectivity index (χ1) is 16.2. The number of nitrogens with one attached hydrogen (secondary N) is 1. The molecule has 1 saturated heterocycles. The summed E-state index contributed by atoms with van der Waals surface area (Å²) >= 11 is 0. The van der Waals surface area contributed by atoms with Gasteiger partial charge in [-0.2, -0.15) is 5.26 Å². The van der Waals surface area contributed by atoms with Crippen LogP contribution in [0.15, 0.2) is 54.9 Å². The summed E-state index contributed by atoms with van der Waals surface area (Å²) in [5.74, 6) is 0.138. The number of amides is 1. The Labute approximate surface area is 194 Å². The van der Waals surface area contributed by atoms with Crippen molar-refractivity contribution in [3.05, 3.63) is 60.4 Å². The van der Waals surface area contributed by atoms with Crippen molar-refractivity contribution in [2.24, 2.45) is 5.73 Å². The van der Waals surface area contributed by atoms with Crippen LogP contribution >= 0.6 is 0 Å². The molecular weight excluding hydrogens is 414 g/mol. The van der Waals surface area contributed by atoms with Crippen LogP contribution in [0, 0.1) is 11.3 Å². The number of rotatable bonds is 8. The van der Waals surface area contributed by atoms with E-state index in [1.54, 1.807) is 6.20 Å². The lowest BCUT2D eigenvalue weighted by Gasteiger charge is -2.33. The monoisotopic (exact) mass is 443 g/mol. The second kappa shape index (κ2) is 10.9. The third kappa shape index (κ3) is 5.67. The van der Waals surface area contributed by atoms with Crippen LogP contribution in [-0.2, 0) is 9.53 Å². The molecule has 0 atom stereocenters.